The van der Waals surface area contributed by atoms with Crippen molar-refractivity contribution in [1.82, 2.24) is 5.43 Å². The minimum absolute atomic E-state index is 0.0182. The standard InChI is InChI=1S/C19H29N3O2/c1-5-7-8-16(6-2)21-22-19(24)15-9-11-17(12-10-15)20-18(23)13-14(3)4/h9-12,14H,5-8,13H2,1-4H3,(H,20,23)(H,22,24)/b21-16+. The summed E-state index contributed by atoms with van der Waals surface area (Å²) in [5.74, 6) is 0.0567. The zero-order chi connectivity index (χ0) is 17.9. The SMILES string of the molecule is CCCC/C(CC)=N/NC(=O)c1ccc(NC(=O)CC(C)C)cc1. The fourth-order valence-electron chi connectivity index (χ4n) is 2.17. The Bertz CT molecular complexity index is 562. The minimum atomic E-state index is -0.238. The van der Waals surface area contributed by atoms with Crippen LogP contribution in [0.4, 0.5) is 5.69 Å². The van der Waals surface area contributed by atoms with Gasteiger partial charge in [0.05, 0.1) is 0 Å². The van der Waals surface area contributed by atoms with Crippen LogP contribution in [0.25, 0.3) is 0 Å². The minimum Gasteiger partial charge on any atom is -0.326 e. The lowest BCUT2D eigenvalue weighted by molar-refractivity contribution is -0.116. The lowest BCUT2D eigenvalue weighted by atomic mass is 10.1. The number of carbonyl (C=O) groups is 2. The van der Waals surface area contributed by atoms with Gasteiger partial charge in [0.1, 0.15) is 0 Å². The summed E-state index contributed by atoms with van der Waals surface area (Å²) in [7, 11) is 0. The molecule has 5 heteroatoms. The van der Waals surface area contributed by atoms with E-state index in [4.69, 9.17) is 0 Å². The van der Waals surface area contributed by atoms with Crippen molar-refractivity contribution < 1.29 is 9.59 Å². The Hall–Kier alpha value is -2.17. The van der Waals surface area contributed by atoms with E-state index in [1.165, 1.54) is 0 Å². The summed E-state index contributed by atoms with van der Waals surface area (Å²) in [6.45, 7) is 8.17. The second-order valence-corrected chi connectivity index (χ2v) is 6.30. The van der Waals surface area contributed by atoms with Crippen LogP contribution in [0.15, 0.2) is 29.4 Å². The van der Waals surface area contributed by atoms with E-state index in [-0.39, 0.29) is 11.8 Å². The molecule has 0 atom stereocenters. The van der Waals surface area contributed by atoms with Gasteiger partial charge in [0, 0.05) is 23.4 Å². The van der Waals surface area contributed by atoms with Crippen molar-refractivity contribution in [1.29, 1.82) is 0 Å². The molecule has 5 nitrogen and oxygen atoms in total. The average Bonchev–Trinajstić information content (AvgIpc) is 2.54. The number of amides is 2. The topological polar surface area (TPSA) is 70.6 Å². The van der Waals surface area contributed by atoms with Crippen molar-refractivity contribution in [2.75, 3.05) is 5.32 Å². The molecule has 0 fully saturated rings. The third kappa shape index (κ3) is 7.40. The van der Waals surface area contributed by atoms with Crippen LogP contribution < -0.4 is 10.7 Å². The van der Waals surface area contributed by atoms with Gasteiger partial charge in [-0.15, -0.1) is 0 Å². The number of hydrogen-bond acceptors (Lipinski definition) is 3. The van der Waals surface area contributed by atoms with Crippen molar-refractivity contribution in [3.8, 4) is 0 Å². The smallest absolute Gasteiger partial charge is 0.271 e. The molecule has 0 aliphatic heterocycles. The van der Waals surface area contributed by atoms with Gasteiger partial charge in [-0.1, -0.05) is 34.1 Å². The number of carbonyl (C=O) groups excluding carboxylic acids is 2. The molecule has 0 saturated carbocycles. The largest absolute Gasteiger partial charge is 0.326 e. The lowest BCUT2D eigenvalue weighted by Gasteiger charge is -2.08. The van der Waals surface area contributed by atoms with Crippen LogP contribution in [0.3, 0.4) is 0 Å². The molecule has 132 valence electrons. The van der Waals surface area contributed by atoms with E-state index in [2.05, 4.69) is 22.8 Å². The molecule has 24 heavy (non-hydrogen) atoms. The summed E-state index contributed by atoms with van der Waals surface area (Å²) in [5, 5.41) is 7.03. The zero-order valence-electron chi connectivity index (χ0n) is 15.2. The summed E-state index contributed by atoms with van der Waals surface area (Å²) in [4.78, 5) is 23.8. The monoisotopic (exact) mass is 331 g/mol. The molecule has 0 aliphatic carbocycles. The summed E-state index contributed by atoms with van der Waals surface area (Å²) in [6, 6.07) is 6.84. The van der Waals surface area contributed by atoms with Crippen molar-refractivity contribution >= 4 is 23.2 Å². The molecule has 0 unspecified atom stereocenters. The summed E-state index contributed by atoms with van der Waals surface area (Å²) >= 11 is 0. The predicted molar refractivity (Wildman–Crippen MR) is 99.2 cm³/mol. The Morgan fingerprint density at radius 2 is 1.79 bits per heavy atom. The highest BCUT2D eigenvalue weighted by molar-refractivity contribution is 5.96. The van der Waals surface area contributed by atoms with Crippen molar-refractivity contribution in [2.24, 2.45) is 11.0 Å². The average molecular weight is 331 g/mol. The maximum atomic E-state index is 12.1. The molecule has 1 aromatic carbocycles. The number of anilines is 1. The van der Waals surface area contributed by atoms with E-state index < -0.39 is 0 Å². The molecule has 0 saturated heterocycles. The third-order valence-electron chi connectivity index (χ3n) is 3.57. The highest BCUT2D eigenvalue weighted by Gasteiger charge is 2.08. The van der Waals surface area contributed by atoms with E-state index in [1.54, 1.807) is 24.3 Å². The Kier molecular flexibility index (Phi) is 8.76. The van der Waals surface area contributed by atoms with E-state index >= 15 is 0 Å². The van der Waals surface area contributed by atoms with Gasteiger partial charge in [-0.25, -0.2) is 5.43 Å². The van der Waals surface area contributed by atoms with Crippen LogP contribution in [-0.4, -0.2) is 17.5 Å². The van der Waals surface area contributed by atoms with Crippen molar-refractivity contribution in [3.63, 3.8) is 0 Å². The van der Waals surface area contributed by atoms with Gasteiger partial charge in [-0.05, 0) is 49.4 Å². The molecule has 2 amide bonds. The molecule has 0 heterocycles. The molecule has 1 aromatic rings. The fourth-order valence-corrected chi connectivity index (χ4v) is 2.17. The number of benzene rings is 1. The van der Waals surface area contributed by atoms with Gasteiger partial charge < -0.3 is 5.32 Å². The summed E-state index contributed by atoms with van der Waals surface area (Å²) in [5.41, 5.74) is 4.82. The molecule has 0 aliphatic rings. The Balaban J connectivity index is 2.60. The van der Waals surface area contributed by atoms with Gasteiger partial charge in [0.15, 0.2) is 0 Å². The molecular formula is C19H29N3O2. The van der Waals surface area contributed by atoms with E-state index in [0.717, 1.165) is 31.4 Å². The van der Waals surface area contributed by atoms with Crippen LogP contribution in [-0.2, 0) is 4.79 Å². The first-order valence-electron chi connectivity index (χ1n) is 8.71. The predicted octanol–water partition coefficient (Wildman–Crippen LogP) is 4.36. The number of hydrazone groups is 1. The maximum Gasteiger partial charge on any atom is 0.271 e. The summed E-state index contributed by atoms with van der Waals surface area (Å²) < 4.78 is 0. The van der Waals surface area contributed by atoms with Crippen LogP contribution in [0.2, 0.25) is 0 Å². The first kappa shape index (κ1) is 19.9. The molecule has 1 rings (SSSR count). The van der Waals surface area contributed by atoms with Crippen LogP contribution in [0.1, 0.15) is 70.2 Å². The number of rotatable bonds is 9. The van der Waals surface area contributed by atoms with Gasteiger partial charge >= 0.3 is 0 Å². The van der Waals surface area contributed by atoms with Gasteiger partial charge in [0.25, 0.3) is 5.91 Å². The first-order valence-corrected chi connectivity index (χ1v) is 8.71. The first-order chi connectivity index (χ1) is 11.5. The molecule has 0 bridgehead atoms. The fraction of sp³-hybridized carbons (Fsp3) is 0.526. The second kappa shape index (κ2) is 10.6. The Morgan fingerprint density at radius 1 is 1.12 bits per heavy atom. The summed E-state index contributed by atoms with van der Waals surface area (Å²) in [6.07, 6.45) is 4.41. The van der Waals surface area contributed by atoms with Gasteiger partial charge in [0.2, 0.25) is 5.91 Å². The number of nitrogens with one attached hydrogen (secondary N) is 2. The maximum absolute atomic E-state index is 12.1. The van der Waals surface area contributed by atoms with Crippen LogP contribution in [0, 0.1) is 5.92 Å². The van der Waals surface area contributed by atoms with E-state index in [1.807, 2.05) is 20.8 Å². The van der Waals surface area contributed by atoms with Gasteiger partial charge in [-0.2, -0.15) is 5.10 Å². The highest BCUT2D eigenvalue weighted by Crippen LogP contribution is 2.11. The van der Waals surface area contributed by atoms with E-state index in [9.17, 15) is 9.59 Å². The van der Waals surface area contributed by atoms with E-state index in [0.29, 0.717) is 23.6 Å². The Morgan fingerprint density at radius 3 is 2.33 bits per heavy atom. The molecule has 0 radical (unpaired) electrons. The number of unbranched alkanes of at least 4 members (excludes halogenated alkanes) is 1. The normalized spacial score (nSPS) is 11.5. The molecule has 0 spiro atoms. The highest BCUT2D eigenvalue weighted by atomic mass is 16.2. The quantitative estimate of drug-likeness (QED) is 0.521. The number of nitrogens with zero attached hydrogens (tertiary/aromatic N) is 1. The zero-order valence-corrected chi connectivity index (χ0v) is 15.2. The van der Waals surface area contributed by atoms with Crippen molar-refractivity contribution in [3.05, 3.63) is 29.8 Å². The molecule has 0 aromatic heterocycles. The Labute approximate surface area is 144 Å². The van der Waals surface area contributed by atoms with Crippen LogP contribution in [0.5, 0.6) is 0 Å². The third-order valence-corrected chi connectivity index (χ3v) is 3.57. The second-order valence-electron chi connectivity index (χ2n) is 6.30. The van der Waals surface area contributed by atoms with Crippen molar-refractivity contribution in [2.45, 2.75) is 59.8 Å². The van der Waals surface area contributed by atoms with Crippen LogP contribution >= 0.6 is 0 Å². The molecule has 2 N–H and O–H groups in total. The van der Waals surface area contributed by atoms with Gasteiger partial charge in [-0.3, -0.25) is 9.59 Å². The molecular weight excluding hydrogens is 302 g/mol. The lowest BCUT2D eigenvalue weighted by Crippen LogP contribution is -2.20. The number of hydrogen-bond donors (Lipinski definition) is 2.